The van der Waals surface area contributed by atoms with E-state index in [1.165, 1.54) is 12.1 Å². The Morgan fingerprint density at radius 2 is 2.12 bits per heavy atom. The molecule has 7 nitrogen and oxygen atoms in total. The monoisotopic (exact) mass is 257 g/mol. The number of aromatic nitrogens is 1. The highest BCUT2D eigenvalue weighted by Gasteiger charge is 2.26. The van der Waals surface area contributed by atoms with Crippen molar-refractivity contribution in [2.45, 2.75) is 18.9 Å². The molecule has 8 heteroatoms. The van der Waals surface area contributed by atoms with E-state index in [9.17, 15) is 13.2 Å². The molecule has 0 unspecified atom stereocenters. The molecule has 3 N–H and O–H groups in total. The molecular formula is C9H11N3O4S. The number of pyridine rings is 1. The Balaban J connectivity index is 2.05. The van der Waals surface area contributed by atoms with Gasteiger partial charge >= 0.3 is 5.97 Å². The second-order valence-corrected chi connectivity index (χ2v) is 5.18. The molecule has 0 atom stereocenters. The van der Waals surface area contributed by atoms with Crippen molar-refractivity contribution >= 4 is 21.9 Å². The molecule has 1 fully saturated rings. The van der Waals surface area contributed by atoms with Gasteiger partial charge in [-0.1, -0.05) is 0 Å². The first-order chi connectivity index (χ1) is 7.96. The number of carboxylic acid groups (broad SMARTS) is 1. The standard InChI is InChI=1S/C9H11N3O4S/c13-9(14)8-4-3-7(5-10-8)12-17(15,16)11-6-1-2-6/h3-6,11-12H,1-2H2,(H,13,14). The Bertz CT molecular complexity index is 522. The van der Waals surface area contributed by atoms with Gasteiger partial charge in [0, 0.05) is 6.04 Å². The summed E-state index contributed by atoms with van der Waals surface area (Å²) in [5.41, 5.74) is 0.0891. The van der Waals surface area contributed by atoms with Gasteiger partial charge in [0.15, 0.2) is 0 Å². The number of nitrogens with one attached hydrogen (secondary N) is 2. The topological polar surface area (TPSA) is 108 Å². The molecule has 0 aliphatic heterocycles. The molecule has 1 aromatic heterocycles. The van der Waals surface area contributed by atoms with Crippen LogP contribution in [-0.4, -0.2) is 30.5 Å². The fourth-order valence-electron chi connectivity index (χ4n) is 1.19. The highest BCUT2D eigenvalue weighted by atomic mass is 32.2. The molecule has 1 heterocycles. The van der Waals surface area contributed by atoms with Crippen LogP contribution in [0.25, 0.3) is 0 Å². The van der Waals surface area contributed by atoms with E-state index >= 15 is 0 Å². The van der Waals surface area contributed by atoms with Crippen molar-refractivity contribution in [3.05, 3.63) is 24.0 Å². The van der Waals surface area contributed by atoms with Gasteiger partial charge in [0.05, 0.1) is 11.9 Å². The Morgan fingerprint density at radius 3 is 2.59 bits per heavy atom. The van der Waals surface area contributed by atoms with Gasteiger partial charge in [-0.05, 0) is 25.0 Å². The summed E-state index contributed by atoms with van der Waals surface area (Å²) in [7, 11) is -3.59. The maximum atomic E-state index is 11.5. The van der Waals surface area contributed by atoms with E-state index < -0.39 is 16.2 Å². The van der Waals surface area contributed by atoms with Gasteiger partial charge in [-0.15, -0.1) is 0 Å². The van der Waals surface area contributed by atoms with Crippen LogP contribution in [0.3, 0.4) is 0 Å². The molecule has 2 rings (SSSR count). The van der Waals surface area contributed by atoms with Crippen molar-refractivity contribution in [3.8, 4) is 0 Å². The lowest BCUT2D eigenvalue weighted by Gasteiger charge is -2.07. The van der Waals surface area contributed by atoms with E-state index in [1.807, 2.05) is 0 Å². The highest BCUT2D eigenvalue weighted by molar-refractivity contribution is 7.90. The quantitative estimate of drug-likeness (QED) is 0.697. The minimum Gasteiger partial charge on any atom is -0.477 e. The number of nitrogens with zero attached hydrogens (tertiary/aromatic N) is 1. The van der Waals surface area contributed by atoms with Crippen molar-refractivity contribution in [3.63, 3.8) is 0 Å². The summed E-state index contributed by atoms with van der Waals surface area (Å²) < 4.78 is 27.7. The number of hydrogen-bond donors (Lipinski definition) is 3. The van der Waals surface area contributed by atoms with Crippen LogP contribution >= 0.6 is 0 Å². The van der Waals surface area contributed by atoms with E-state index in [2.05, 4.69) is 14.4 Å². The maximum Gasteiger partial charge on any atom is 0.354 e. The van der Waals surface area contributed by atoms with Crippen LogP contribution in [-0.2, 0) is 10.2 Å². The summed E-state index contributed by atoms with van der Waals surface area (Å²) in [5, 5.41) is 8.62. The predicted octanol–water partition coefficient (Wildman–Crippen LogP) is 0.188. The number of anilines is 1. The third-order valence-corrected chi connectivity index (χ3v) is 3.28. The normalized spacial score (nSPS) is 15.5. The number of rotatable bonds is 5. The predicted molar refractivity (Wildman–Crippen MR) is 59.9 cm³/mol. The zero-order chi connectivity index (χ0) is 12.5. The average molecular weight is 257 g/mol. The molecule has 1 aromatic rings. The van der Waals surface area contributed by atoms with Crippen molar-refractivity contribution in [2.24, 2.45) is 0 Å². The Morgan fingerprint density at radius 1 is 1.41 bits per heavy atom. The summed E-state index contributed by atoms with van der Waals surface area (Å²) >= 11 is 0. The lowest BCUT2D eigenvalue weighted by molar-refractivity contribution is 0.0690. The van der Waals surface area contributed by atoms with Crippen molar-refractivity contribution in [1.82, 2.24) is 9.71 Å². The van der Waals surface area contributed by atoms with Crippen LogP contribution in [0, 0.1) is 0 Å². The molecule has 0 bridgehead atoms. The molecule has 1 saturated carbocycles. The molecule has 1 aliphatic carbocycles. The van der Waals surface area contributed by atoms with Crippen LogP contribution < -0.4 is 9.44 Å². The Labute approximate surface area is 98.1 Å². The summed E-state index contributed by atoms with van der Waals surface area (Å²) in [6.07, 6.45) is 2.85. The first-order valence-corrected chi connectivity index (χ1v) is 6.44. The second kappa shape index (κ2) is 4.30. The van der Waals surface area contributed by atoms with Crippen LogP contribution in [0.5, 0.6) is 0 Å². The van der Waals surface area contributed by atoms with Crippen molar-refractivity contribution in [2.75, 3.05) is 4.72 Å². The van der Waals surface area contributed by atoms with Crippen LogP contribution in [0.2, 0.25) is 0 Å². The van der Waals surface area contributed by atoms with E-state index in [0.29, 0.717) is 0 Å². The Hall–Kier alpha value is -1.67. The molecule has 0 radical (unpaired) electrons. The molecule has 0 spiro atoms. The molecule has 17 heavy (non-hydrogen) atoms. The summed E-state index contributed by atoms with van der Waals surface area (Å²) in [6.45, 7) is 0. The van der Waals surface area contributed by atoms with E-state index in [4.69, 9.17) is 5.11 Å². The van der Waals surface area contributed by atoms with Gasteiger partial charge in [0.2, 0.25) is 0 Å². The summed E-state index contributed by atoms with van der Waals surface area (Å²) in [4.78, 5) is 14.1. The lowest BCUT2D eigenvalue weighted by Crippen LogP contribution is -2.31. The first-order valence-electron chi connectivity index (χ1n) is 4.96. The van der Waals surface area contributed by atoms with Gasteiger partial charge in [-0.3, -0.25) is 4.72 Å². The van der Waals surface area contributed by atoms with Crippen molar-refractivity contribution < 1.29 is 18.3 Å². The van der Waals surface area contributed by atoms with Crippen LogP contribution in [0.4, 0.5) is 5.69 Å². The van der Waals surface area contributed by atoms with E-state index in [0.717, 1.165) is 19.0 Å². The minimum atomic E-state index is -3.59. The average Bonchev–Trinajstić information content (AvgIpc) is 3.00. The van der Waals surface area contributed by atoms with Crippen molar-refractivity contribution in [1.29, 1.82) is 0 Å². The second-order valence-electron chi connectivity index (χ2n) is 3.73. The summed E-state index contributed by atoms with van der Waals surface area (Å²) in [5.74, 6) is -1.16. The molecular weight excluding hydrogens is 246 g/mol. The number of aromatic carboxylic acids is 1. The van der Waals surface area contributed by atoms with Gasteiger partial charge in [0.1, 0.15) is 5.69 Å². The van der Waals surface area contributed by atoms with E-state index in [-0.39, 0.29) is 17.4 Å². The van der Waals surface area contributed by atoms with Crippen LogP contribution in [0.1, 0.15) is 23.3 Å². The molecule has 0 saturated heterocycles. The van der Waals surface area contributed by atoms with Gasteiger partial charge < -0.3 is 5.11 Å². The SMILES string of the molecule is O=C(O)c1ccc(NS(=O)(=O)NC2CC2)cn1. The fraction of sp³-hybridized carbons (Fsp3) is 0.333. The van der Waals surface area contributed by atoms with Crippen LogP contribution in [0.15, 0.2) is 18.3 Å². The fourth-order valence-corrected chi connectivity index (χ4v) is 2.35. The van der Waals surface area contributed by atoms with Gasteiger partial charge in [-0.25, -0.2) is 9.78 Å². The zero-order valence-corrected chi connectivity index (χ0v) is 9.57. The summed E-state index contributed by atoms with van der Waals surface area (Å²) in [6, 6.07) is 2.60. The smallest absolute Gasteiger partial charge is 0.354 e. The zero-order valence-electron chi connectivity index (χ0n) is 8.75. The number of carbonyl (C=O) groups is 1. The largest absolute Gasteiger partial charge is 0.477 e. The third kappa shape index (κ3) is 3.40. The van der Waals surface area contributed by atoms with Gasteiger partial charge in [0.25, 0.3) is 10.2 Å². The molecule has 0 aromatic carbocycles. The lowest BCUT2D eigenvalue weighted by atomic mass is 10.3. The first kappa shape index (κ1) is 11.8. The number of hydrogen-bond acceptors (Lipinski definition) is 4. The maximum absolute atomic E-state index is 11.5. The minimum absolute atomic E-state index is 0.0127. The van der Waals surface area contributed by atoms with E-state index in [1.54, 1.807) is 0 Å². The third-order valence-electron chi connectivity index (χ3n) is 2.13. The molecule has 1 aliphatic rings. The Kier molecular flexibility index (Phi) is 2.99. The molecule has 0 amide bonds. The highest BCUT2D eigenvalue weighted by Crippen LogP contribution is 2.20. The molecule has 92 valence electrons. The van der Waals surface area contributed by atoms with Gasteiger partial charge in [-0.2, -0.15) is 13.1 Å². The number of carboxylic acids is 1.